The van der Waals surface area contributed by atoms with Crippen molar-refractivity contribution in [1.82, 2.24) is 4.57 Å². The van der Waals surface area contributed by atoms with Gasteiger partial charge in [-0.25, -0.2) is 9.79 Å². The standard InChI is InChI=1S/C24H20N2O6S/c1-13-20(23(28)30-3)21(15-5-7-16(29-2)8-6-15)26-22(27)19(33-24(26)25-13)11-14-4-9-17-18(10-14)32-12-31-17/h4-11,21H,12H2,1-3H3/b19-11+. The Bertz CT molecular complexity index is 1470. The lowest BCUT2D eigenvalue weighted by molar-refractivity contribution is -0.136. The van der Waals surface area contributed by atoms with Crippen LogP contribution in [0.5, 0.6) is 17.2 Å². The molecule has 1 atom stereocenters. The summed E-state index contributed by atoms with van der Waals surface area (Å²) in [5, 5.41) is 0. The SMILES string of the molecule is COC(=O)C1=C(C)N=c2s/c(=C/c3ccc4c(c3)OCO4)c(=O)n2C1c1ccc(OC)cc1. The van der Waals surface area contributed by atoms with E-state index in [9.17, 15) is 9.59 Å². The fourth-order valence-corrected chi connectivity index (χ4v) is 5.00. The van der Waals surface area contributed by atoms with Gasteiger partial charge in [0.05, 0.1) is 36.1 Å². The Labute approximate surface area is 192 Å². The van der Waals surface area contributed by atoms with Gasteiger partial charge in [0, 0.05) is 0 Å². The third-order valence-corrected chi connectivity index (χ3v) is 6.54. The normalized spacial score (nSPS) is 16.9. The van der Waals surface area contributed by atoms with Gasteiger partial charge in [0.15, 0.2) is 16.3 Å². The number of benzene rings is 2. The van der Waals surface area contributed by atoms with Crippen LogP contribution in [0.3, 0.4) is 0 Å². The fraction of sp³-hybridized carbons (Fsp3) is 0.208. The zero-order valence-electron chi connectivity index (χ0n) is 18.2. The zero-order chi connectivity index (χ0) is 23.1. The number of carbonyl (C=O) groups excluding carboxylic acids is 1. The maximum Gasteiger partial charge on any atom is 0.338 e. The number of aromatic nitrogens is 1. The number of carbonyl (C=O) groups is 1. The van der Waals surface area contributed by atoms with E-state index in [4.69, 9.17) is 18.9 Å². The molecule has 33 heavy (non-hydrogen) atoms. The van der Waals surface area contributed by atoms with Crippen LogP contribution in [-0.2, 0) is 9.53 Å². The van der Waals surface area contributed by atoms with Crippen molar-refractivity contribution in [2.75, 3.05) is 21.0 Å². The number of methoxy groups -OCH3 is 2. The van der Waals surface area contributed by atoms with Crippen LogP contribution in [0.2, 0.25) is 0 Å². The number of hydrogen-bond donors (Lipinski definition) is 0. The van der Waals surface area contributed by atoms with E-state index in [2.05, 4.69) is 4.99 Å². The van der Waals surface area contributed by atoms with E-state index < -0.39 is 12.0 Å². The molecular formula is C24H20N2O6S. The van der Waals surface area contributed by atoms with E-state index in [1.165, 1.54) is 18.4 Å². The molecule has 2 aliphatic heterocycles. The molecule has 1 unspecified atom stereocenters. The molecule has 9 heteroatoms. The lowest BCUT2D eigenvalue weighted by Gasteiger charge is -2.24. The van der Waals surface area contributed by atoms with E-state index in [1.807, 2.05) is 30.3 Å². The van der Waals surface area contributed by atoms with E-state index in [0.717, 1.165) is 11.1 Å². The number of thiazole rings is 1. The van der Waals surface area contributed by atoms with Gasteiger partial charge in [-0.3, -0.25) is 9.36 Å². The summed E-state index contributed by atoms with van der Waals surface area (Å²) in [5.41, 5.74) is 2.14. The molecule has 0 aliphatic carbocycles. The molecule has 0 N–H and O–H groups in total. The van der Waals surface area contributed by atoms with E-state index >= 15 is 0 Å². The van der Waals surface area contributed by atoms with Crippen LogP contribution < -0.4 is 29.1 Å². The van der Waals surface area contributed by atoms with Crippen molar-refractivity contribution >= 4 is 23.4 Å². The fourth-order valence-electron chi connectivity index (χ4n) is 3.95. The maximum absolute atomic E-state index is 13.5. The summed E-state index contributed by atoms with van der Waals surface area (Å²) in [7, 11) is 2.90. The molecular weight excluding hydrogens is 444 g/mol. The second-order valence-electron chi connectivity index (χ2n) is 7.46. The summed E-state index contributed by atoms with van der Waals surface area (Å²) in [6, 6.07) is 12.1. The number of nitrogens with zero attached hydrogens (tertiary/aromatic N) is 2. The number of rotatable bonds is 4. The van der Waals surface area contributed by atoms with Crippen LogP contribution in [0, 0.1) is 0 Å². The first-order chi connectivity index (χ1) is 16.0. The molecule has 0 saturated heterocycles. The van der Waals surface area contributed by atoms with Crippen molar-refractivity contribution in [3.63, 3.8) is 0 Å². The van der Waals surface area contributed by atoms with Crippen LogP contribution in [0.1, 0.15) is 24.1 Å². The monoisotopic (exact) mass is 464 g/mol. The molecule has 1 aromatic heterocycles. The van der Waals surface area contributed by atoms with Crippen LogP contribution in [-0.4, -0.2) is 31.5 Å². The molecule has 3 heterocycles. The van der Waals surface area contributed by atoms with Gasteiger partial charge in [-0.15, -0.1) is 0 Å². The van der Waals surface area contributed by atoms with Crippen molar-refractivity contribution < 1.29 is 23.7 Å². The van der Waals surface area contributed by atoms with Gasteiger partial charge < -0.3 is 18.9 Å². The molecule has 0 fully saturated rings. The Balaban J connectivity index is 1.69. The van der Waals surface area contributed by atoms with Crippen LogP contribution >= 0.6 is 11.3 Å². The first-order valence-electron chi connectivity index (χ1n) is 10.1. The van der Waals surface area contributed by atoms with Crippen LogP contribution in [0.4, 0.5) is 0 Å². The average Bonchev–Trinajstić information content (AvgIpc) is 3.41. The first kappa shape index (κ1) is 21.0. The van der Waals surface area contributed by atoms with Crippen molar-refractivity contribution in [1.29, 1.82) is 0 Å². The second-order valence-corrected chi connectivity index (χ2v) is 8.47. The number of ether oxygens (including phenoxy) is 4. The predicted molar refractivity (Wildman–Crippen MR) is 121 cm³/mol. The molecule has 0 radical (unpaired) electrons. The smallest absolute Gasteiger partial charge is 0.338 e. The van der Waals surface area contributed by atoms with Crippen molar-refractivity contribution in [2.45, 2.75) is 13.0 Å². The molecule has 0 bridgehead atoms. The second kappa shape index (κ2) is 8.25. The highest BCUT2D eigenvalue weighted by Crippen LogP contribution is 2.33. The van der Waals surface area contributed by atoms with E-state index in [0.29, 0.717) is 37.9 Å². The third-order valence-electron chi connectivity index (χ3n) is 5.55. The van der Waals surface area contributed by atoms with Gasteiger partial charge in [0.25, 0.3) is 5.56 Å². The summed E-state index contributed by atoms with van der Waals surface area (Å²) in [4.78, 5) is 31.3. The third kappa shape index (κ3) is 3.60. The van der Waals surface area contributed by atoms with Gasteiger partial charge in [-0.2, -0.15) is 0 Å². The highest BCUT2D eigenvalue weighted by atomic mass is 32.1. The summed E-state index contributed by atoms with van der Waals surface area (Å²) in [5.74, 6) is 1.46. The molecule has 0 spiro atoms. The number of fused-ring (bicyclic) bond motifs is 2. The highest BCUT2D eigenvalue weighted by Gasteiger charge is 2.33. The molecule has 3 aromatic rings. The Morgan fingerprint density at radius 3 is 2.64 bits per heavy atom. The Hall–Kier alpha value is -3.85. The number of hydrogen-bond acceptors (Lipinski definition) is 8. The number of esters is 1. The van der Waals surface area contributed by atoms with E-state index in [-0.39, 0.29) is 12.4 Å². The molecule has 168 valence electrons. The van der Waals surface area contributed by atoms with Gasteiger partial charge in [-0.05, 0) is 48.4 Å². The zero-order valence-corrected chi connectivity index (χ0v) is 19.0. The molecule has 5 rings (SSSR count). The van der Waals surface area contributed by atoms with Crippen LogP contribution in [0.15, 0.2) is 63.5 Å². The molecule has 8 nitrogen and oxygen atoms in total. The van der Waals surface area contributed by atoms with Gasteiger partial charge in [0.1, 0.15) is 5.75 Å². The van der Waals surface area contributed by atoms with Crippen LogP contribution in [0.25, 0.3) is 6.08 Å². The summed E-state index contributed by atoms with van der Waals surface area (Å²) in [6.45, 7) is 1.93. The minimum absolute atomic E-state index is 0.179. The molecule has 0 amide bonds. The lowest BCUT2D eigenvalue weighted by Crippen LogP contribution is -2.39. The van der Waals surface area contributed by atoms with E-state index in [1.54, 1.807) is 36.8 Å². The van der Waals surface area contributed by atoms with Gasteiger partial charge >= 0.3 is 5.97 Å². The van der Waals surface area contributed by atoms with Gasteiger partial charge in [-0.1, -0.05) is 29.5 Å². The number of allylic oxidation sites excluding steroid dienone is 1. The Kier molecular flexibility index (Phi) is 5.26. The Morgan fingerprint density at radius 1 is 1.15 bits per heavy atom. The minimum atomic E-state index is -0.668. The summed E-state index contributed by atoms with van der Waals surface area (Å²) in [6.07, 6.45) is 1.79. The largest absolute Gasteiger partial charge is 0.497 e. The minimum Gasteiger partial charge on any atom is -0.497 e. The summed E-state index contributed by atoms with van der Waals surface area (Å²) < 4.78 is 23.1. The lowest BCUT2D eigenvalue weighted by atomic mass is 9.96. The molecule has 0 saturated carbocycles. The predicted octanol–water partition coefficient (Wildman–Crippen LogP) is 2.15. The molecule has 2 aliphatic rings. The summed E-state index contributed by atoms with van der Waals surface area (Å²) >= 11 is 1.27. The van der Waals surface area contributed by atoms with Gasteiger partial charge in [0.2, 0.25) is 6.79 Å². The quantitative estimate of drug-likeness (QED) is 0.550. The Morgan fingerprint density at radius 2 is 1.91 bits per heavy atom. The topological polar surface area (TPSA) is 88.4 Å². The van der Waals surface area contributed by atoms with Crippen molar-refractivity contribution in [3.05, 3.63) is 84.5 Å². The highest BCUT2D eigenvalue weighted by molar-refractivity contribution is 7.07. The first-order valence-corrected chi connectivity index (χ1v) is 11.0. The maximum atomic E-state index is 13.5. The van der Waals surface area contributed by atoms with Crippen molar-refractivity contribution in [2.24, 2.45) is 4.99 Å². The molecule has 2 aromatic carbocycles. The van der Waals surface area contributed by atoms with Crippen molar-refractivity contribution in [3.8, 4) is 17.2 Å². The average molecular weight is 464 g/mol.